The Kier molecular flexibility index (Phi) is 3.48. The topological polar surface area (TPSA) is 105 Å². The van der Waals surface area contributed by atoms with Crippen molar-refractivity contribution in [2.24, 2.45) is 5.41 Å². The summed E-state index contributed by atoms with van der Waals surface area (Å²) < 4.78 is 27.0. The van der Waals surface area contributed by atoms with Crippen molar-refractivity contribution >= 4 is 27.0 Å². The second kappa shape index (κ2) is 5.20. The number of sulfonamides is 1. The summed E-state index contributed by atoms with van der Waals surface area (Å²) in [7, 11) is -3.92. The summed E-state index contributed by atoms with van der Waals surface area (Å²) in [4.78, 5) is 12.4. The summed E-state index contributed by atoms with van der Waals surface area (Å²) in [6.45, 7) is 1.78. The second-order valence-electron chi connectivity index (χ2n) is 5.68. The molecule has 1 amide bonds. The number of carbonyl (C=O) groups excluding carboxylic acids is 1. The molecule has 0 saturated carbocycles. The molecule has 8 heteroatoms. The number of hydrogen-bond donors (Lipinski definition) is 2. The Morgan fingerprint density at radius 2 is 2.05 bits per heavy atom. The van der Waals surface area contributed by atoms with Crippen LogP contribution in [0.4, 0.5) is 0 Å². The fraction of sp³-hybridized carbons (Fsp3) is 0.357. The van der Waals surface area contributed by atoms with Crippen molar-refractivity contribution in [1.29, 1.82) is 0 Å². The third kappa shape index (κ3) is 2.61. The van der Waals surface area contributed by atoms with Crippen LogP contribution in [0.15, 0.2) is 35.2 Å². The zero-order chi connectivity index (χ0) is 15.8. The summed E-state index contributed by atoms with van der Waals surface area (Å²) in [6, 6.07) is 4.34. The van der Waals surface area contributed by atoms with Crippen LogP contribution >= 0.6 is 0 Å². The van der Waals surface area contributed by atoms with Gasteiger partial charge in [0.05, 0.1) is 10.3 Å². The molecule has 0 fully saturated rings. The molecule has 2 aromatic rings. The Balaban J connectivity index is 1.86. The van der Waals surface area contributed by atoms with Crippen LogP contribution < -0.4 is 4.72 Å². The third-order valence-corrected chi connectivity index (χ3v) is 5.30. The molecule has 0 aliphatic heterocycles. The molecule has 1 heterocycles. The first-order chi connectivity index (χ1) is 10.4. The maximum absolute atomic E-state index is 12.4. The van der Waals surface area contributed by atoms with Gasteiger partial charge >= 0.3 is 0 Å². The lowest BCUT2D eigenvalue weighted by Gasteiger charge is -2.28. The molecule has 1 aliphatic rings. The van der Waals surface area contributed by atoms with Crippen LogP contribution in [0.2, 0.25) is 0 Å². The summed E-state index contributed by atoms with van der Waals surface area (Å²) in [5.74, 6) is -0.475. The van der Waals surface area contributed by atoms with E-state index in [1.54, 1.807) is 13.0 Å². The predicted octanol–water partition coefficient (Wildman–Crippen LogP) is 1.51. The molecule has 1 aromatic heterocycles. The summed E-state index contributed by atoms with van der Waals surface area (Å²) in [5.41, 5.74) is 0.302. The van der Waals surface area contributed by atoms with Gasteiger partial charge in [0.2, 0.25) is 5.91 Å². The van der Waals surface area contributed by atoms with E-state index in [0.29, 0.717) is 23.9 Å². The number of allylic oxidation sites excluding steroid dienone is 2. The smallest absolute Gasteiger partial charge is 0.264 e. The van der Waals surface area contributed by atoms with Gasteiger partial charge in [0.25, 0.3) is 10.0 Å². The lowest BCUT2D eigenvalue weighted by atomic mass is 9.78. The van der Waals surface area contributed by atoms with E-state index in [9.17, 15) is 13.2 Å². The first-order valence-corrected chi connectivity index (χ1v) is 8.42. The average Bonchev–Trinajstić information content (AvgIpc) is 2.95. The fourth-order valence-electron chi connectivity index (χ4n) is 2.46. The molecule has 0 bridgehead atoms. The van der Waals surface area contributed by atoms with E-state index in [4.69, 9.17) is 0 Å². The van der Waals surface area contributed by atoms with E-state index in [-0.39, 0.29) is 4.90 Å². The number of benzene rings is 1. The number of fused-ring (bicyclic) bond motifs is 1. The fourth-order valence-corrected chi connectivity index (χ4v) is 3.59. The quantitative estimate of drug-likeness (QED) is 0.834. The minimum Gasteiger partial charge on any atom is -0.273 e. The van der Waals surface area contributed by atoms with Crippen LogP contribution in [0.5, 0.6) is 0 Å². The maximum atomic E-state index is 12.4. The number of nitrogens with one attached hydrogen (secondary N) is 2. The molecule has 1 aromatic carbocycles. The van der Waals surface area contributed by atoms with Gasteiger partial charge in [0, 0.05) is 0 Å². The highest BCUT2D eigenvalue weighted by Crippen LogP contribution is 2.32. The van der Waals surface area contributed by atoms with Crippen LogP contribution in [0.3, 0.4) is 0 Å². The Morgan fingerprint density at radius 1 is 1.27 bits per heavy atom. The maximum Gasteiger partial charge on any atom is 0.264 e. The lowest BCUT2D eigenvalue weighted by Crippen LogP contribution is -2.42. The van der Waals surface area contributed by atoms with Gasteiger partial charge in [-0.2, -0.15) is 15.4 Å². The highest BCUT2D eigenvalue weighted by Gasteiger charge is 2.35. The molecule has 1 aliphatic carbocycles. The molecule has 3 rings (SSSR count). The summed E-state index contributed by atoms with van der Waals surface area (Å²) in [6.07, 6.45) is 5.86. The normalized spacial score (nSPS) is 21.9. The summed E-state index contributed by atoms with van der Waals surface area (Å²) >= 11 is 0. The number of rotatable bonds is 3. The molecule has 0 radical (unpaired) electrons. The lowest BCUT2D eigenvalue weighted by molar-refractivity contribution is -0.128. The number of H-pyrrole nitrogens is 1. The van der Waals surface area contributed by atoms with Crippen LogP contribution in [0.25, 0.3) is 11.0 Å². The first kappa shape index (κ1) is 14.7. The standard InChI is InChI=1S/C14H16N4O3S/c1-14(7-3-2-4-8-14)13(19)17-22(20,21)10-5-6-11-12(9-10)16-18-15-11/h2-3,5-6,9H,4,7-8H2,1H3,(H,17,19)(H,15,16,18). The number of hydrogen-bond acceptors (Lipinski definition) is 5. The van der Waals surface area contributed by atoms with Crippen molar-refractivity contribution in [3.8, 4) is 0 Å². The largest absolute Gasteiger partial charge is 0.273 e. The molecular formula is C14H16N4O3S. The molecular weight excluding hydrogens is 304 g/mol. The Hall–Kier alpha value is -2.22. The number of aromatic amines is 1. The van der Waals surface area contributed by atoms with Gasteiger partial charge < -0.3 is 0 Å². The molecule has 7 nitrogen and oxygen atoms in total. The summed E-state index contributed by atoms with van der Waals surface area (Å²) in [5, 5.41) is 10.1. The van der Waals surface area contributed by atoms with Gasteiger partial charge in [-0.25, -0.2) is 13.1 Å². The minimum atomic E-state index is -3.92. The van der Waals surface area contributed by atoms with Gasteiger partial charge in [-0.3, -0.25) is 4.79 Å². The van der Waals surface area contributed by atoms with Gasteiger partial charge in [0.1, 0.15) is 11.0 Å². The van der Waals surface area contributed by atoms with E-state index in [1.165, 1.54) is 12.1 Å². The van der Waals surface area contributed by atoms with Gasteiger partial charge in [-0.1, -0.05) is 19.1 Å². The van der Waals surface area contributed by atoms with Crippen LogP contribution in [-0.4, -0.2) is 29.7 Å². The van der Waals surface area contributed by atoms with E-state index >= 15 is 0 Å². The number of aromatic nitrogens is 3. The van der Waals surface area contributed by atoms with Gasteiger partial charge in [-0.15, -0.1) is 0 Å². The molecule has 1 unspecified atom stereocenters. The zero-order valence-electron chi connectivity index (χ0n) is 12.0. The Labute approximate surface area is 127 Å². The molecule has 2 N–H and O–H groups in total. The molecule has 1 atom stereocenters. The van der Waals surface area contributed by atoms with E-state index < -0.39 is 21.3 Å². The molecule has 116 valence electrons. The van der Waals surface area contributed by atoms with Crippen molar-refractivity contribution in [1.82, 2.24) is 20.1 Å². The van der Waals surface area contributed by atoms with Crippen molar-refractivity contribution in [2.45, 2.75) is 31.1 Å². The van der Waals surface area contributed by atoms with E-state index in [2.05, 4.69) is 20.1 Å². The van der Waals surface area contributed by atoms with Crippen LogP contribution in [-0.2, 0) is 14.8 Å². The van der Waals surface area contributed by atoms with Crippen molar-refractivity contribution < 1.29 is 13.2 Å². The highest BCUT2D eigenvalue weighted by molar-refractivity contribution is 7.90. The van der Waals surface area contributed by atoms with Crippen molar-refractivity contribution in [2.75, 3.05) is 0 Å². The predicted molar refractivity (Wildman–Crippen MR) is 80.3 cm³/mol. The number of carbonyl (C=O) groups is 1. The van der Waals surface area contributed by atoms with E-state index in [1.807, 2.05) is 12.2 Å². The zero-order valence-corrected chi connectivity index (χ0v) is 12.9. The Morgan fingerprint density at radius 3 is 2.77 bits per heavy atom. The Bertz CT molecular complexity index is 856. The number of nitrogens with zero attached hydrogens (tertiary/aromatic N) is 2. The second-order valence-corrected chi connectivity index (χ2v) is 7.37. The monoisotopic (exact) mass is 320 g/mol. The van der Waals surface area contributed by atoms with Crippen molar-refractivity contribution in [3.63, 3.8) is 0 Å². The molecule has 0 saturated heterocycles. The van der Waals surface area contributed by atoms with Crippen LogP contribution in [0, 0.1) is 5.41 Å². The molecule has 22 heavy (non-hydrogen) atoms. The van der Waals surface area contributed by atoms with Gasteiger partial charge in [0.15, 0.2) is 0 Å². The minimum absolute atomic E-state index is 0.00259. The average molecular weight is 320 g/mol. The first-order valence-electron chi connectivity index (χ1n) is 6.94. The van der Waals surface area contributed by atoms with Gasteiger partial charge in [-0.05, 0) is 37.5 Å². The SMILES string of the molecule is CC1(C(=O)NS(=O)(=O)c2ccc3n[nH]nc3c2)CC=CCC1. The third-order valence-electron chi connectivity index (χ3n) is 3.97. The van der Waals surface area contributed by atoms with Crippen molar-refractivity contribution in [3.05, 3.63) is 30.4 Å². The number of amides is 1. The van der Waals surface area contributed by atoms with E-state index in [0.717, 1.165) is 6.42 Å². The highest BCUT2D eigenvalue weighted by atomic mass is 32.2. The molecule has 0 spiro atoms. The van der Waals surface area contributed by atoms with Crippen LogP contribution in [0.1, 0.15) is 26.2 Å².